The van der Waals surface area contributed by atoms with Crippen LogP contribution in [0.2, 0.25) is 0 Å². The van der Waals surface area contributed by atoms with E-state index >= 15 is 0 Å². The van der Waals surface area contributed by atoms with Crippen molar-refractivity contribution in [2.75, 3.05) is 13.2 Å². The van der Waals surface area contributed by atoms with Crippen LogP contribution in [-0.2, 0) is 13.2 Å². The third kappa shape index (κ3) is 5.43. The Balaban J connectivity index is 1.86. The molecule has 0 unspecified atom stereocenters. The fourth-order valence-corrected chi connectivity index (χ4v) is 2.77. The molecule has 0 amide bonds. The molecule has 28 heavy (non-hydrogen) atoms. The highest BCUT2D eigenvalue weighted by Gasteiger charge is 2.16. The van der Waals surface area contributed by atoms with Gasteiger partial charge in [-0.05, 0) is 25.0 Å². The number of rotatable bonds is 10. The average molecular weight is 378 g/mol. The highest BCUT2D eigenvalue weighted by Crippen LogP contribution is 2.42. The molecule has 3 rings (SSSR count). The van der Waals surface area contributed by atoms with Crippen LogP contribution < -0.4 is 18.9 Å². The zero-order chi connectivity index (χ0) is 19.6. The molecule has 0 atom stereocenters. The van der Waals surface area contributed by atoms with Crippen molar-refractivity contribution in [2.24, 2.45) is 0 Å². The third-order valence-electron chi connectivity index (χ3n) is 4.07. The van der Waals surface area contributed by atoms with Crippen molar-refractivity contribution in [2.45, 2.75) is 27.1 Å². The Morgan fingerprint density at radius 2 is 1.04 bits per heavy atom. The molecule has 0 bridgehead atoms. The van der Waals surface area contributed by atoms with E-state index in [2.05, 4.69) is 0 Å². The fraction of sp³-hybridized carbons (Fsp3) is 0.250. The summed E-state index contributed by atoms with van der Waals surface area (Å²) < 4.78 is 23.7. The normalized spacial score (nSPS) is 10.4. The summed E-state index contributed by atoms with van der Waals surface area (Å²) in [6, 6.07) is 23.8. The molecule has 0 heterocycles. The summed E-state index contributed by atoms with van der Waals surface area (Å²) in [6.07, 6.45) is 0. The minimum absolute atomic E-state index is 0.439. The van der Waals surface area contributed by atoms with E-state index in [1.165, 1.54) is 0 Å². The molecule has 0 aliphatic heterocycles. The molecular formula is C24H26O4. The second-order valence-corrected chi connectivity index (χ2v) is 6.16. The van der Waals surface area contributed by atoms with Crippen LogP contribution >= 0.6 is 0 Å². The summed E-state index contributed by atoms with van der Waals surface area (Å²) >= 11 is 0. The quantitative estimate of drug-likeness (QED) is 0.457. The lowest BCUT2D eigenvalue weighted by molar-refractivity contribution is 0.238. The Hall–Kier alpha value is -3.14. The van der Waals surface area contributed by atoms with E-state index < -0.39 is 0 Å². The van der Waals surface area contributed by atoms with E-state index in [1.807, 2.05) is 86.6 Å². The Bertz CT molecular complexity index is 782. The maximum atomic E-state index is 6.07. The predicted molar refractivity (Wildman–Crippen MR) is 110 cm³/mol. The molecule has 4 heteroatoms. The summed E-state index contributed by atoms with van der Waals surface area (Å²) in [4.78, 5) is 0. The Morgan fingerprint density at radius 1 is 0.571 bits per heavy atom. The fourth-order valence-electron chi connectivity index (χ4n) is 2.77. The molecule has 0 fully saturated rings. The molecule has 0 saturated heterocycles. The van der Waals surface area contributed by atoms with Gasteiger partial charge in [-0.3, -0.25) is 0 Å². The van der Waals surface area contributed by atoms with E-state index in [0.29, 0.717) is 49.4 Å². The van der Waals surface area contributed by atoms with Crippen LogP contribution in [0, 0.1) is 0 Å². The molecule has 0 radical (unpaired) electrons. The first-order chi connectivity index (χ1) is 13.8. The smallest absolute Gasteiger partial charge is 0.203 e. The second kappa shape index (κ2) is 10.3. The largest absolute Gasteiger partial charge is 0.494 e. The lowest BCUT2D eigenvalue weighted by atomic mass is 10.2. The van der Waals surface area contributed by atoms with Gasteiger partial charge in [-0.1, -0.05) is 60.7 Å². The highest BCUT2D eigenvalue weighted by atomic mass is 16.5. The Morgan fingerprint density at radius 3 is 1.46 bits per heavy atom. The van der Waals surface area contributed by atoms with E-state index in [9.17, 15) is 0 Å². The van der Waals surface area contributed by atoms with Gasteiger partial charge in [0, 0.05) is 12.1 Å². The molecule has 0 spiro atoms. The van der Waals surface area contributed by atoms with E-state index in [0.717, 1.165) is 11.1 Å². The molecule has 0 saturated carbocycles. The highest BCUT2D eigenvalue weighted by molar-refractivity contribution is 5.56. The lowest BCUT2D eigenvalue weighted by Gasteiger charge is -2.18. The summed E-state index contributed by atoms with van der Waals surface area (Å²) in [5.41, 5.74) is 2.16. The molecule has 3 aromatic rings. The van der Waals surface area contributed by atoms with E-state index in [-0.39, 0.29) is 0 Å². The standard InChI is InChI=1S/C24H26O4/c1-3-25-21-15-22(27-17-19-11-7-5-8-12-19)24(26-4-2)23(16-21)28-18-20-13-9-6-10-14-20/h5-16H,3-4,17-18H2,1-2H3. The van der Waals surface area contributed by atoms with Gasteiger partial charge in [0.1, 0.15) is 19.0 Å². The van der Waals surface area contributed by atoms with Crippen LogP contribution in [0.1, 0.15) is 25.0 Å². The number of hydrogen-bond donors (Lipinski definition) is 0. The van der Waals surface area contributed by atoms with E-state index in [4.69, 9.17) is 18.9 Å². The Labute approximate surface area is 166 Å². The number of benzene rings is 3. The minimum atomic E-state index is 0.439. The van der Waals surface area contributed by atoms with Crippen molar-refractivity contribution in [3.63, 3.8) is 0 Å². The van der Waals surface area contributed by atoms with E-state index in [1.54, 1.807) is 0 Å². The van der Waals surface area contributed by atoms with Crippen LogP contribution in [0.25, 0.3) is 0 Å². The van der Waals surface area contributed by atoms with Crippen molar-refractivity contribution in [3.05, 3.63) is 83.9 Å². The first-order valence-electron chi connectivity index (χ1n) is 9.57. The monoisotopic (exact) mass is 378 g/mol. The molecular weight excluding hydrogens is 352 g/mol. The molecule has 3 aromatic carbocycles. The Kier molecular flexibility index (Phi) is 7.19. The molecule has 0 N–H and O–H groups in total. The van der Waals surface area contributed by atoms with Crippen LogP contribution in [-0.4, -0.2) is 13.2 Å². The first kappa shape index (κ1) is 19.6. The van der Waals surface area contributed by atoms with Crippen molar-refractivity contribution < 1.29 is 18.9 Å². The molecule has 146 valence electrons. The summed E-state index contributed by atoms with van der Waals surface area (Å²) in [5.74, 6) is 2.51. The molecule has 4 nitrogen and oxygen atoms in total. The summed E-state index contributed by atoms with van der Waals surface area (Å²) in [5, 5.41) is 0. The van der Waals surface area contributed by atoms with Crippen LogP contribution in [0.3, 0.4) is 0 Å². The van der Waals surface area contributed by atoms with Gasteiger partial charge in [0.2, 0.25) is 5.75 Å². The minimum Gasteiger partial charge on any atom is -0.494 e. The van der Waals surface area contributed by atoms with Gasteiger partial charge in [-0.15, -0.1) is 0 Å². The summed E-state index contributed by atoms with van der Waals surface area (Å²) in [6.45, 7) is 5.84. The van der Waals surface area contributed by atoms with Crippen LogP contribution in [0.5, 0.6) is 23.0 Å². The maximum absolute atomic E-state index is 6.07. The zero-order valence-corrected chi connectivity index (χ0v) is 16.4. The topological polar surface area (TPSA) is 36.9 Å². The number of hydrogen-bond acceptors (Lipinski definition) is 4. The lowest BCUT2D eigenvalue weighted by Crippen LogP contribution is -2.04. The van der Waals surface area contributed by atoms with Crippen molar-refractivity contribution in [3.8, 4) is 23.0 Å². The maximum Gasteiger partial charge on any atom is 0.203 e. The summed E-state index contributed by atoms with van der Waals surface area (Å²) in [7, 11) is 0. The predicted octanol–water partition coefficient (Wildman–Crippen LogP) is 5.64. The van der Waals surface area contributed by atoms with Gasteiger partial charge >= 0.3 is 0 Å². The number of ether oxygens (including phenoxy) is 4. The molecule has 0 aliphatic rings. The van der Waals surface area contributed by atoms with Gasteiger partial charge in [0.25, 0.3) is 0 Å². The van der Waals surface area contributed by atoms with Crippen molar-refractivity contribution in [1.82, 2.24) is 0 Å². The average Bonchev–Trinajstić information content (AvgIpc) is 2.74. The van der Waals surface area contributed by atoms with Gasteiger partial charge in [-0.2, -0.15) is 0 Å². The van der Waals surface area contributed by atoms with Gasteiger partial charge in [-0.25, -0.2) is 0 Å². The van der Waals surface area contributed by atoms with Crippen molar-refractivity contribution >= 4 is 0 Å². The SMILES string of the molecule is CCOc1cc(OCc2ccccc2)c(OCC)c(OCc2ccccc2)c1. The van der Waals surface area contributed by atoms with Gasteiger partial charge < -0.3 is 18.9 Å². The van der Waals surface area contributed by atoms with Gasteiger partial charge in [0.05, 0.1) is 13.2 Å². The third-order valence-corrected chi connectivity index (χ3v) is 4.07. The molecule has 0 aromatic heterocycles. The van der Waals surface area contributed by atoms with Gasteiger partial charge in [0.15, 0.2) is 11.5 Å². The van der Waals surface area contributed by atoms with Crippen molar-refractivity contribution in [1.29, 1.82) is 0 Å². The first-order valence-corrected chi connectivity index (χ1v) is 9.57. The molecule has 0 aliphatic carbocycles. The zero-order valence-electron chi connectivity index (χ0n) is 16.4. The van der Waals surface area contributed by atoms with Crippen LogP contribution in [0.4, 0.5) is 0 Å². The van der Waals surface area contributed by atoms with Crippen LogP contribution in [0.15, 0.2) is 72.8 Å². The second-order valence-electron chi connectivity index (χ2n) is 6.16.